The maximum absolute atomic E-state index is 12.8. The highest BCUT2D eigenvalue weighted by Gasteiger charge is 2.35. The van der Waals surface area contributed by atoms with Gasteiger partial charge in [-0.2, -0.15) is 0 Å². The molecule has 0 spiro atoms. The molecule has 0 unspecified atom stereocenters. The fourth-order valence-electron chi connectivity index (χ4n) is 3.89. The van der Waals surface area contributed by atoms with Crippen molar-refractivity contribution >= 4 is 5.91 Å². The lowest BCUT2D eigenvalue weighted by molar-refractivity contribution is -0.127. The van der Waals surface area contributed by atoms with Crippen LogP contribution in [-0.2, 0) is 14.9 Å². The van der Waals surface area contributed by atoms with Crippen LogP contribution in [0.15, 0.2) is 42.5 Å². The van der Waals surface area contributed by atoms with Gasteiger partial charge in [-0.25, -0.2) is 0 Å². The Morgan fingerprint density at radius 2 is 1.82 bits per heavy atom. The maximum Gasteiger partial charge on any atom is 0.260 e. The van der Waals surface area contributed by atoms with Gasteiger partial charge in [-0.3, -0.25) is 4.79 Å². The van der Waals surface area contributed by atoms with E-state index in [0.29, 0.717) is 6.54 Å². The summed E-state index contributed by atoms with van der Waals surface area (Å²) in [6, 6.07) is 14.6. The molecule has 2 aromatic rings. The van der Waals surface area contributed by atoms with Crippen molar-refractivity contribution in [1.82, 2.24) is 5.32 Å². The van der Waals surface area contributed by atoms with Crippen LogP contribution in [0.4, 0.5) is 0 Å². The number of carbonyl (C=O) groups is 1. The molecule has 1 aliphatic rings. The van der Waals surface area contributed by atoms with Crippen LogP contribution in [-0.4, -0.2) is 31.8 Å². The van der Waals surface area contributed by atoms with Crippen LogP contribution in [0.3, 0.4) is 0 Å². The highest BCUT2D eigenvalue weighted by atomic mass is 16.5. The second-order valence-electron chi connectivity index (χ2n) is 7.94. The van der Waals surface area contributed by atoms with Crippen molar-refractivity contribution in [2.45, 2.75) is 52.1 Å². The van der Waals surface area contributed by atoms with Gasteiger partial charge in [0.15, 0.2) is 6.10 Å². The van der Waals surface area contributed by atoms with Crippen LogP contribution >= 0.6 is 0 Å². The molecule has 150 valence electrons. The number of benzene rings is 2. The number of amides is 1. The number of nitrogens with one attached hydrogen (secondary N) is 1. The Hall–Kier alpha value is -2.33. The molecule has 2 aromatic carbocycles. The van der Waals surface area contributed by atoms with Crippen LogP contribution in [0.5, 0.6) is 5.75 Å². The van der Waals surface area contributed by atoms with Gasteiger partial charge in [0.05, 0.1) is 0 Å². The molecule has 4 heteroatoms. The zero-order chi connectivity index (χ0) is 20.1. The predicted octanol–water partition coefficient (Wildman–Crippen LogP) is 4.24. The van der Waals surface area contributed by atoms with E-state index in [4.69, 9.17) is 9.47 Å². The van der Waals surface area contributed by atoms with Crippen molar-refractivity contribution < 1.29 is 14.3 Å². The number of hydrogen-bond donors (Lipinski definition) is 1. The number of hydrogen-bond acceptors (Lipinski definition) is 3. The monoisotopic (exact) mass is 381 g/mol. The third-order valence-corrected chi connectivity index (χ3v) is 5.87. The zero-order valence-electron chi connectivity index (χ0n) is 17.4. The Kier molecular flexibility index (Phi) is 6.40. The lowest BCUT2D eigenvalue weighted by atomic mass is 9.74. The van der Waals surface area contributed by atoms with Crippen molar-refractivity contribution in [2.75, 3.05) is 19.8 Å². The molecule has 1 fully saturated rings. The molecule has 1 aliphatic heterocycles. The van der Waals surface area contributed by atoms with E-state index < -0.39 is 6.10 Å². The first-order chi connectivity index (χ1) is 13.4. The van der Waals surface area contributed by atoms with E-state index in [-0.39, 0.29) is 11.3 Å². The first-order valence-electron chi connectivity index (χ1n) is 10.1. The second kappa shape index (κ2) is 8.78. The van der Waals surface area contributed by atoms with Gasteiger partial charge in [0.25, 0.3) is 5.91 Å². The minimum absolute atomic E-state index is 0.0786. The number of ether oxygens (including phenoxy) is 2. The maximum atomic E-state index is 12.8. The van der Waals surface area contributed by atoms with Crippen LogP contribution in [0, 0.1) is 20.8 Å². The molecule has 0 aromatic heterocycles. The quantitative estimate of drug-likeness (QED) is 0.814. The smallest absolute Gasteiger partial charge is 0.260 e. The van der Waals surface area contributed by atoms with Crippen molar-refractivity contribution in [3.05, 3.63) is 64.7 Å². The third kappa shape index (κ3) is 4.56. The average molecular weight is 382 g/mol. The van der Waals surface area contributed by atoms with Crippen LogP contribution in [0.2, 0.25) is 0 Å². The number of carbonyl (C=O) groups excluding carboxylic acids is 1. The predicted molar refractivity (Wildman–Crippen MR) is 112 cm³/mol. The Morgan fingerprint density at radius 3 is 2.50 bits per heavy atom. The van der Waals surface area contributed by atoms with E-state index in [9.17, 15) is 4.79 Å². The number of aryl methyl sites for hydroxylation is 2. The summed E-state index contributed by atoms with van der Waals surface area (Å²) in [4.78, 5) is 12.8. The zero-order valence-corrected chi connectivity index (χ0v) is 17.4. The third-order valence-electron chi connectivity index (χ3n) is 5.87. The van der Waals surface area contributed by atoms with E-state index >= 15 is 0 Å². The summed E-state index contributed by atoms with van der Waals surface area (Å²) in [5.74, 6) is 0.698. The molecule has 1 N–H and O–H groups in total. The van der Waals surface area contributed by atoms with Gasteiger partial charge in [-0.15, -0.1) is 0 Å². The normalized spacial score (nSPS) is 17.0. The molecule has 1 saturated heterocycles. The first kappa shape index (κ1) is 20.4. The van der Waals surface area contributed by atoms with E-state index in [2.05, 4.69) is 42.6 Å². The van der Waals surface area contributed by atoms with Crippen molar-refractivity contribution in [1.29, 1.82) is 0 Å². The molecule has 1 heterocycles. The van der Waals surface area contributed by atoms with Gasteiger partial charge in [-0.1, -0.05) is 36.4 Å². The van der Waals surface area contributed by atoms with Gasteiger partial charge >= 0.3 is 0 Å². The summed E-state index contributed by atoms with van der Waals surface area (Å²) in [5, 5.41) is 3.14. The van der Waals surface area contributed by atoms with Crippen molar-refractivity contribution in [3.63, 3.8) is 0 Å². The highest BCUT2D eigenvalue weighted by Crippen LogP contribution is 2.34. The molecule has 4 nitrogen and oxygen atoms in total. The SMILES string of the molecule is Cc1cc(C)c(C)c(O[C@H](C)C(=O)NCC2(c3ccccc3)CCOCC2)c1. The van der Waals surface area contributed by atoms with Gasteiger partial charge < -0.3 is 14.8 Å². The molecule has 1 amide bonds. The molecule has 0 saturated carbocycles. The van der Waals surface area contributed by atoms with Gasteiger partial charge in [0.1, 0.15) is 5.75 Å². The fourth-order valence-corrected chi connectivity index (χ4v) is 3.89. The lowest BCUT2D eigenvalue weighted by Gasteiger charge is -2.38. The number of rotatable bonds is 6. The Labute approximate surface area is 168 Å². The summed E-state index contributed by atoms with van der Waals surface area (Å²) < 4.78 is 11.6. The molecule has 1 atom stereocenters. The topological polar surface area (TPSA) is 47.6 Å². The van der Waals surface area contributed by atoms with Crippen LogP contribution in [0.25, 0.3) is 0 Å². The van der Waals surface area contributed by atoms with Crippen LogP contribution in [0.1, 0.15) is 42.0 Å². The summed E-state index contributed by atoms with van der Waals surface area (Å²) in [7, 11) is 0. The van der Waals surface area contributed by atoms with Crippen LogP contribution < -0.4 is 10.1 Å². The summed E-state index contributed by atoms with van der Waals surface area (Å²) in [6.07, 6.45) is 1.26. The van der Waals surface area contributed by atoms with E-state index in [0.717, 1.165) is 42.9 Å². The summed E-state index contributed by atoms with van der Waals surface area (Å²) in [5.41, 5.74) is 4.57. The molecule has 0 radical (unpaired) electrons. The fraction of sp³-hybridized carbons (Fsp3) is 0.458. The van der Waals surface area contributed by atoms with Gasteiger partial charge in [0, 0.05) is 25.2 Å². The van der Waals surface area contributed by atoms with E-state index in [1.807, 2.05) is 32.9 Å². The minimum Gasteiger partial charge on any atom is -0.481 e. The lowest BCUT2D eigenvalue weighted by Crippen LogP contribution is -2.47. The summed E-state index contributed by atoms with van der Waals surface area (Å²) in [6.45, 7) is 9.98. The van der Waals surface area contributed by atoms with Crippen molar-refractivity contribution in [3.8, 4) is 5.75 Å². The minimum atomic E-state index is -0.549. The largest absolute Gasteiger partial charge is 0.481 e. The molecular weight excluding hydrogens is 350 g/mol. The van der Waals surface area contributed by atoms with Gasteiger partial charge in [0.2, 0.25) is 0 Å². The molecule has 28 heavy (non-hydrogen) atoms. The average Bonchev–Trinajstić information content (AvgIpc) is 2.71. The second-order valence-corrected chi connectivity index (χ2v) is 7.94. The molecule has 0 aliphatic carbocycles. The van der Waals surface area contributed by atoms with Crippen molar-refractivity contribution in [2.24, 2.45) is 0 Å². The first-order valence-corrected chi connectivity index (χ1v) is 10.1. The Morgan fingerprint density at radius 1 is 1.14 bits per heavy atom. The molecular formula is C24H31NO3. The summed E-state index contributed by atoms with van der Waals surface area (Å²) >= 11 is 0. The van der Waals surface area contributed by atoms with E-state index in [1.54, 1.807) is 0 Å². The molecule has 0 bridgehead atoms. The molecule has 3 rings (SSSR count). The Balaban J connectivity index is 1.68. The Bertz CT molecular complexity index is 810. The van der Waals surface area contributed by atoms with Gasteiger partial charge in [-0.05, 0) is 68.9 Å². The van der Waals surface area contributed by atoms with E-state index in [1.165, 1.54) is 11.1 Å². The standard InChI is InChI=1S/C24H31NO3/c1-17-14-18(2)19(3)22(15-17)28-20(4)23(26)25-16-24(10-12-27-13-11-24)21-8-6-5-7-9-21/h5-9,14-15,20H,10-13,16H2,1-4H3,(H,25,26)/t20-/m1/s1. The highest BCUT2D eigenvalue weighted by molar-refractivity contribution is 5.80.